The molecule has 0 radical (unpaired) electrons. The molecule has 0 aliphatic rings. The molecule has 1 aromatic carbocycles. The van der Waals surface area contributed by atoms with E-state index in [0.29, 0.717) is 0 Å². The molecule has 0 saturated carbocycles. The van der Waals surface area contributed by atoms with E-state index < -0.39 is 0 Å². The number of nitrogens with zero attached hydrogens (tertiary/aromatic N) is 2. The molecule has 0 aliphatic carbocycles. The monoisotopic (exact) mass is 249 g/mol. The van der Waals surface area contributed by atoms with Crippen LogP contribution in [0.3, 0.4) is 0 Å². The Morgan fingerprint density at radius 2 is 2.11 bits per heavy atom. The molecule has 4 nitrogen and oxygen atoms in total. The van der Waals surface area contributed by atoms with Crippen LogP contribution in [-0.2, 0) is 0 Å². The second-order valence-electron chi connectivity index (χ2n) is 4.42. The molecule has 0 spiro atoms. The molecular weight excluding hydrogens is 226 g/mol. The molecule has 4 heteroatoms. The Balaban J connectivity index is 2.95. The van der Waals surface area contributed by atoms with Crippen LogP contribution in [0, 0.1) is 6.92 Å². The first-order valence-electron chi connectivity index (χ1n) is 6.47. The molecule has 18 heavy (non-hydrogen) atoms. The quantitative estimate of drug-likeness (QED) is 0.353. The van der Waals surface area contributed by atoms with E-state index in [1.54, 1.807) is 0 Å². The smallest absolute Gasteiger partial charge is 0.170 e. The Morgan fingerprint density at radius 3 is 2.61 bits per heavy atom. The minimum atomic E-state index is 0.163. The van der Waals surface area contributed by atoms with Gasteiger partial charge in [-0.15, -0.1) is 0 Å². The Bertz CT molecular complexity index is 416. The van der Waals surface area contributed by atoms with E-state index in [9.17, 15) is 0 Å². The van der Waals surface area contributed by atoms with Gasteiger partial charge in [0.05, 0.1) is 0 Å². The third kappa shape index (κ3) is 3.39. The molecule has 0 saturated heterocycles. The van der Waals surface area contributed by atoms with Crippen molar-refractivity contribution in [2.45, 2.75) is 33.6 Å². The van der Waals surface area contributed by atoms with Crippen molar-refractivity contribution in [3.05, 3.63) is 29.3 Å². The van der Waals surface area contributed by atoms with Gasteiger partial charge in [0.2, 0.25) is 0 Å². The largest absolute Gasteiger partial charge is 0.409 e. The molecule has 0 aliphatic heterocycles. The lowest BCUT2D eigenvalue weighted by atomic mass is 10.1. The number of rotatable bonds is 6. The van der Waals surface area contributed by atoms with E-state index in [1.165, 1.54) is 18.5 Å². The van der Waals surface area contributed by atoms with Gasteiger partial charge in [-0.25, -0.2) is 0 Å². The summed E-state index contributed by atoms with van der Waals surface area (Å²) in [5, 5.41) is 11.8. The number of hydrogen-bond donors (Lipinski definition) is 2. The fraction of sp³-hybridized carbons (Fsp3) is 0.500. The van der Waals surface area contributed by atoms with Crippen LogP contribution >= 0.6 is 0 Å². The minimum Gasteiger partial charge on any atom is -0.409 e. The highest BCUT2D eigenvalue weighted by molar-refractivity contribution is 5.98. The number of anilines is 1. The molecule has 0 unspecified atom stereocenters. The highest BCUT2D eigenvalue weighted by Gasteiger charge is 2.08. The summed E-state index contributed by atoms with van der Waals surface area (Å²) in [5.41, 5.74) is 8.62. The summed E-state index contributed by atoms with van der Waals surface area (Å²) in [7, 11) is 0. The molecule has 100 valence electrons. The van der Waals surface area contributed by atoms with E-state index >= 15 is 0 Å². The Labute approximate surface area is 109 Å². The number of hydrogen-bond acceptors (Lipinski definition) is 3. The fourth-order valence-electron chi connectivity index (χ4n) is 2.00. The lowest BCUT2D eigenvalue weighted by Crippen LogP contribution is -2.24. The van der Waals surface area contributed by atoms with Crippen LogP contribution in [0.1, 0.15) is 37.8 Å². The number of aryl methyl sites for hydroxylation is 1. The van der Waals surface area contributed by atoms with Crippen molar-refractivity contribution in [1.82, 2.24) is 0 Å². The number of amidine groups is 1. The summed E-state index contributed by atoms with van der Waals surface area (Å²) in [6.45, 7) is 8.38. The van der Waals surface area contributed by atoms with Crippen molar-refractivity contribution in [1.29, 1.82) is 0 Å². The number of nitrogens with two attached hydrogens (primary N) is 1. The predicted octanol–water partition coefficient (Wildman–Crippen LogP) is 2.72. The third-order valence-electron chi connectivity index (χ3n) is 3.12. The topological polar surface area (TPSA) is 61.8 Å². The van der Waals surface area contributed by atoms with Crippen LogP contribution < -0.4 is 10.6 Å². The van der Waals surface area contributed by atoms with E-state index in [1.807, 2.05) is 19.1 Å². The molecule has 0 aromatic heterocycles. The highest BCUT2D eigenvalue weighted by Crippen LogP contribution is 2.19. The molecule has 1 rings (SSSR count). The summed E-state index contributed by atoms with van der Waals surface area (Å²) in [5.74, 6) is 0.163. The summed E-state index contributed by atoms with van der Waals surface area (Å²) >= 11 is 0. The highest BCUT2D eigenvalue weighted by atomic mass is 16.4. The zero-order valence-electron chi connectivity index (χ0n) is 11.5. The molecule has 0 fully saturated rings. The van der Waals surface area contributed by atoms with Gasteiger partial charge in [0.15, 0.2) is 5.84 Å². The SMILES string of the molecule is CCCCN(CC)c1ccc(/C(N)=N/O)c(C)c1. The molecule has 1 aromatic rings. The van der Waals surface area contributed by atoms with Gasteiger partial charge in [0, 0.05) is 24.3 Å². The molecule has 3 N–H and O–H groups in total. The fourth-order valence-corrected chi connectivity index (χ4v) is 2.00. The van der Waals surface area contributed by atoms with Crippen LogP contribution in [0.25, 0.3) is 0 Å². The van der Waals surface area contributed by atoms with Gasteiger partial charge in [-0.2, -0.15) is 0 Å². The maximum absolute atomic E-state index is 8.71. The van der Waals surface area contributed by atoms with Crippen molar-refractivity contribution < 1.29 is 5.21 Å². The van der Waals surface area contributed by atoms with Crippen LogP contribution in [0.5, 0.6) is 0 Å². The van der Waals surface area contributed by atoms with E-state index in [2.05, 4.69) is 30.0 Å². The van der Waals surface area contributed by atoms with Gasteiger partial charge in [-0.1, -0.05) is 18.5 Å². The van der Waals surface area contributed by atoms with Gasteiger partial charge in [0.1, 0.15) is 0 Å². The summed E-state index contributed by atoms with van der Waals surface area (Å²) in [6.07, 6.45) is 2.38. The zero-order chi connectivity index (χ0) is 13.5. The van der Waals surface area contributed by atoms with E-state index in [0.717, 1.165) is 24.2 Å². The number of oxime groups is 1. The first-order chi connectivity index (χ1) is 8.63. The minimum absolute atomic E-state index is 0.163. The Hall–Kier alpha value is -1.71. The Kier molecular flexibility index (Phi) is 5.49. The van der Waals surface area contributed by atoms with Crippen molar-refractivity contribution in [2.24, 2.45) is 10.9 Å². The standard InChI is InChI=1S/C14H23N3O/c1-4-6-9-17(5-2)12-7-8-13(11(3)10-12)14(15)16-18/h7-8,10,18H,4-6,9H2,1-3H3,(H2,15,16). The molecule has 0 heterocycles. The van der Waals surface area contributed by atoms with Gasteiger partial charge >= 0.3 is 0 Å². The van der Waals surface area contributed by atoms with Crippen LogP contribution in [0.4, 0.5) is 5.69 Å². The first kappa shape index (κ1) is 14.4. The van der Waals surface area contributed by atoms with Gasteiger partial charge in [-0.05, 0) is 44.0 Å². The number of benzene rings is 1. The third-order valence-corrected chi connectivity index (χ3v) is 3.12. The van der Waals surface area contributed by atoms with E-state index in [4.69, 9.17) is 10.9 Å². The lowest BCUT2D eigenvalue weighted by molar-refractivity contribution is 0.318. The normalized spacial score (nSPS) is 11.6. The second kappa shape index (κ2) is 6.89. The maximum atomic E-state index is 8.71. The van der Waals surface area contributed by atoms with Crippen molar-refractivity contribution in [3.63, 3.8) is 0 Å². The van der Waals surface area contributed by atoms with Crippen molar-refractivity contribution >= 4 is 11.5 Å². The van der Waals surface area contributed by atoms with Crippen LogP contribution in [0.2, 0.25) is 0 Å². The molecule has 0 atom stereocenters. The molecule has 0 bridgehead atoms. The van der Waals surface area contributed by atoms with Gasteiger partial charge < -0.3 is 15.8 Å². The van der Waals surface area contributed by atoms with E-state index in [-0.39, 0.29) is 5.84 Å². The second-order valence-corrected chi connectivity index (χ2v) is 4.42. The summed E-state index contributed by atoms with van der Waals surface area (Å²) < 4.78 is 0. The first-order valence-corrected chi connectivity index (χ1v) is 6.47. The average Bonchev–Trinajstić information content (AvgIpc) is 2.39. The maximum Gasteiger partial charge on any atom is 0.170 e. The molecule has 0 amide bonds. The number of unbranched alkanes of at least 4 members (excludes halogenated alkanes) is 1. The zero-order valence-corrected chi connectivity index (χ0v) is 11.5. The van der Waals surface area contributed by atoms with Gasteiger partial charge in [-0.3, -0.25) is 0 Å². The average molecular weight is 249 g/mol. The van der Waals surface area contributed by atoms with Crippen LogP contribution in [-0.4, -0.2) is 24.1 Å². The summed E-state index contributed by atoms with van der Waals surface area (Å²) in [4.78, 5) is 2.34. The van der Waals surface area contributed by atoms with Crippen molar-refractivity contribution in [2.75, 3.05) is 18.0 Å². The van der Waals surface area contributed by atoms with Gasteiger partial charge in [0.25, 0.3) is 0 Å². The lowest BCUT2D eigenvalue weighted by Gasteiger charge is -2.23. The van der Waals surface area contributed by atoms with Crippen molar-refractivity contribution in [3.8, 4) is 0 Å². The molecular formula is C14H23N3O. The predicted molar refractivity (Wildman–Crippen MR) is 76.5 cm³/mol. The Morgan fingerprint density at radius 1 is 1.39 bits per heavy atom. The van der Waals surface area contributed by atoms with Crippen LogP contribution in [0.15, 0.2) is 23.4 Å². The summed E-state index contributed by atoms with van der Waals surface area (Å²) in [6, 6.07) is 6.03.